The Balaban J connectivity index is 1.79. The first kappa shape index (κ1) is 12.5. The molecule has 0 saturated carbocycles. The van der Waals surface area contributed by atoms with E-state index in [2.05, 4.69) is 78.6 Å². The minimum Gasteiger partial charge on any atom is -0.355 e. The average molecular weight is 289 g/mol. The van der Waals surface area contributed by atoms with Gasteiger partial charge in [-0.3, -0.25) is 0 Å². The Morgan fingerprint density at radius 2 is 1.43 bits per heavy atom. The molecule has 1 N–H and O–H groups in total. The Bertz CT molecular complexity index is 919. The number of fused-ring (bicyclic) bond motifs is 3. The van der Waals surface area contributed by atoms with E-state index in [4.69, 9.17) is 0 Å². The van der Waals surface area contributed by atoms with E-state index < -0.39 is 0 Å². The summed E-state index contributed by atoms with van der Waals surface area (Å²) in [5.41, 5.74) is 3.70. The van der Waals surface area contributed by atoms with E-state index in [0.29, 0.717) is 0 Å². The molecule has 0 aliphatic rings. The van der Waals surface area contributed by atoms with Gasteiger partial charge in [0, 0.05) is 31.6 Å². The Kier molecular flexibility index (Phi) is 2.97. The molecule has 2 heteroatoms. The molecule has 0 unspecified atom stereocenters. The number of benzene rings is 3. The van der Waals surface area contributed by atoms with E-state index in [9.17, 15) is 0 Å². The summed E-state index contributed by atoms with van der Waals surface area (Å²) in [7, 11) is 0. The van der Waals surface area contributed by atoms with E-state index >= 15 is 0 Å². The quantitative estimate of drug-likeness (QED) is 0.494. The minimum atomic E-state index is 1.20. The normalized spacial score (nSPS) is 11.3. The van der Waals surface area contributed by atoms with Crippen LogP contribution in [0.3, 0.4) is 0 Å². The van der Waals surface area contributed by atoms with E-state index in [1.54, 1.807) is 0 Å². The molecule has 1 heterocycles. The molecule has 4 aromatic rings. The van der Waals surface area contributed by atoms with Gasteiger partial charge in [-0.25, -0.2) is 0 Å². The van der Waals surface area contributed by atoms with Gasteiger partial charge >= 0.3 is 0 Å². The van der Waals surface area contributed by atoms with E-state index in [1.165, 1.54) is 37.2 Å². The first-order chi connectivity index (χ1) is 10.3. The zero-order chi connectivity index (χ0) is 14.2. The highest BCUT2D eigenvalue weighted by atomic mass is 32.2. The molecule has 4 rings (SSSR count). The molecule has 1 aromatic heterocycles. The summed E-state index contributed by atoms with van der Waals surface area (Å²) in [6.45, 7) is 2.12. The maximum absolute atomic E-state index is 3.47. The molecule has 0 atom stereocenters. The van der Waals surface area contributed by atoms with Crippen molar-refractivity contribution < 1.29 is 0 Å². The third kappa shape index (κ3) is 2.32. The number of rotatable bonds is 2. The summed E-state index contributed by atoms with van der Waals surface area (Å²) in [4.78, 5) is 6.02. The molecule has 0 fully saturated rings. The molecule has 0 spiro atoms. The fraction of sp³-hybridized carbons (Fsp3) is 0.0526. The molecule has 102 valence electrons. The monoisotopic (exact) mass is 289 g/mol. The van der Waals surface area contributed by atoms with Crippen molar-refractivity contribution in [1.29, 1.82) is 0 Å². The lowest BCUT2D eigenvalue weighted by atomic mass is 10.1. The molecule has 1 nitrogen and oxygen atoms in total. The van der Waals surface area contributed by atoms with E-state index in [0.717, 1.165) is 0 Å². The number of nitrogens with one attached hydrogen (secondary N) is 1. The third-order valence-corrected chi connectivity index (χ3v) is 4.73. The number of aryl methyl sites for hydroxylation is 1. The van der Waals surface area contributed by atoms with Gasteiger partial charge in [-0.2, -0.15) is 0 Å². The van der Waals surface area contributed by atoms with Crippen molar-refractivity contribution in [3.8, 4) is 0 Å². The molecule has 0 bridgehead atoms. The highest BCUT2D eigenvalue weighted by Crippen LogP contribution is 2.33. The number of H-pyrrole nitrogens is 1. The van der Waals surface area contributed by atoms with E-state index in [1.807, 2.05) is 11.8 Å². The van der Waals surface area contributed by atoms with Crippen LogP contribution in [0.15, 0.2) is 76.5 Å². The topological polar surface area (TPSA) is 15.8 Å². The van der Waals surface area contributed by atoms with Crippen LogP contribution in [0.1, 0.15) is 5.56 Å². The van der Waals surface area contributed by atoms with Crippen molar-refractivity contribution in [3.63, 3.8) is 0 Å². The summed E-state index contributed by atoms with van der Waals surface area (Å²) in [5, 5.41) is 2.58. The zero-order valence-electron chi connectivity index (χ0n) is 11.8. The van der Waals surface area contributed by atoms with E-state index in [-0.39, 0.29) is 0 Å². The SMILES string of the molecule is Cc1ccc(Sc2ccc3[nH]c4ccccc4c3c2)cc1. The van der Waals surface area contributed by atoms with Gasteiger partial charge in [0.2, 0.25) is 0 Å². The fourth-order valence-electron chi connectivity index (χ4n) is 2.63. The van der Waals surface area contributed by atoms with Gasteiger partial charge in [-0.15, -0.1) is 0 Å². The van der Waals surface area contributed by atoms with Crippen molar-refractivity contribution in [3.05, 3.63) is 72.3 Å². The molecule has 0 radical (unpaired) electrons. The second kappa shape index (κ2) is 4.97. The van der Waals surface area contributed by atoms with Crippen LogP contribution in [0.25, 0.3) is 21.8 Å². The average Bonchev–Trinajstić information content (AvgIpc) is 2.88. The van der Waals surface area contributed by atoms with Crippen LogP contribution in [-0.2, 0) is 0 Å². The van der Waals surface area contributed by atoms with Gasteiger partial charge in [-0.05, 0) is 43.3 Å². The van der Waals surface area contributed by atoms with Crippen LogP contribution in [0.4, 0.5) is 0 Å². The molecular weight excluding hydrogens is 274 g/mol. The summed E-state index contributed by atoms with van der Waals surface area (Å²) in [5.74, 6) is 0. The smallest absolute Gasteiger partial charge is 0.0465 e. The van der Waals surface area contributed by atoms with Crippen LogP contribution in [0.2, 0.25) is 0 Å². The molecule has 0 saturated heterocycles. The van der Waals surface area contributed by atoms with Crippen molar-refractivity contribution >= 4 is 33.6 Å². The van der Waals surface area contributed by atoms with Gasteiger partial charge in [0.25, 0.3) is 0 Å². The summed E-state index contributed by atoms with van der Waals surface area (Å²) < 4.78 is 0. The largest absolute Gasteiger partial charge is 0.355 e. The van der Waals surface area contributed by atoms with Crippen molar-refractivity contribution in [1.82, 2.24) is 4.98 Å². The molecular formula is C19H15NS. The number of aromatic amines is 1. The number of hydrogen-bond acceptors (Lipinski definition) is 1. The Hall–Kier alpha value is -2.19. The highest BCUT2D eigenvalue weighted by Gasteiger charge is 2.05. The van der Waals surface area contributed by atoms with Gasteiger partial charge in [0.05, 0.1) is 0 Å². The lowest BCUT2D eigenvalue weighted by molar-refractivity contribution is 1.36. The van der Waals surface area contributed by atoms with Gasteiger partial charge < -0.3 is 4.98 Å². The van der Waals surface area contributed by atoms with Crippen LogP contribution in [0, 0.1) is 6.92 Å². The van der Waals surface area contributed by atoms with Gasteiger partial charge in [-0.1, -0.05) is 47.7 Å². The van der Waals surface area contributed by atoms with Crippen molar-refractivity contribution in [2.24, 2.45) is 0 Å². The summed E-state index contributed by atoms with van der Waals surface area (Å²) >= 11 is 1.81. The number of aromatic nitrogens is 1. The number of hydrogen-bond donors (Lipinski definition) is 1. The maximum atomic E-state index is 3.47. The molecule has 0 aliphatic heterocycles. The zero-order valence-corrected chi connectivity index (χ0v) is 12.6. The summed E-state index contributed by atoms with van der Waals surface area (Å²) in [6, 6.07) is 23.8. The Morgan fingerprint density at radius 1 is 0.714 bits per heavy atom. The molecule has 3 aromatic carbocycles. The van der Waals surface area contributed by atoms with Gasteiger partial charge in [0.15, 0.2) is 0 Å². The molecule has 0 aliphatic carbocycles. The van der Waals surface area contributed by atoms with Crippen LogP contribution >= 0.6 is 11.8 Å². The minimum absolute atomic E-state index is 1.20. The first-order valence-corrected chi connectivity index (χ1v) is 7.86. The van der Waals surface area contributed by atoms with Crippen LogP contribution < -0.4 is 0 Å². The van der Waals surface area contributed by atoms with Crippen LogP contribution in [-0.4, -0.2) is 4.98 Å². The molecule has 0 amide bonds. The second-order valence-corrected chi connectivity index (χ2v) is 6.44. The van der Waals surface area contributed by atoms with Crippen molar-refractivity contribution in [2.75, 3.05) is 0 Å². The standard InChI is InChI=1S/C19H15NS/c1-13-6-8-14(9-7-13)21-15-10-11-19-17(12-15)16-4-2-3-5-18(16)20-19/h2-12,20H,1H3. The van der Waals surface area contributed by atoms with Crippen LogP contribution in [0.5, 0.6) is 0 Å². The Labute approximate surface area is 128 Å². The second-order valence-electron chi connectivity index (χ2n) is 5.29. The maximum Gasteiger partial charge on any atom is 0.0465 e. The third-order valence-electron chi connectivity index (χ3n) is 3.73. The van der Waals surface area contributed by atoms with Gasteiger partial charge in [0.1, 0.15) is 0 Å². The first-order valence-electron chi connectivity index (χ1n) is 7.04. The molecule has 21 heavy (non-hydrogen) atoms. The lowest BCUT2D eigenvalue weighted by Crippen LogP contribution is -1.76. The lowest BCUT2D eigenvalue weighted by Gasteiger charge is -2.03. The van der Waals surface area contributed by atoms with Crippen molar-refractivity contribution in [2.45, 2.75) is 16.7 Å². The Morgan fingerprint density at radius 3 is 2.29 bits per heavy atom. The number of para-hydroxylation sites is 1. The predicted molar refractivity (Wildman–Crippen MR) is 91.1 cm³/mol. The highest BCUT2D eigenvalue weighted by molar-refractivity contribution is 7.99. The fourth-order valence-corrected chi connectivity index (χ4v) is 3.49. The summed E-state index contributed by atoms with van der Waals surface area (Å²) in [6.07, 6.45) is 0. The predicted octanol–water partition coefficient (Wildman–Crippen LogP) is 5.78.